The van der Waals surface area contributed by atoms with E-state index in [2.05, 4.69) is 37.5 Å². The second kappa shape index (κ2) is 12.7. The molecule has 0 bridgehead atoms. The Morgan fingerprint density at radius 3 is 1.23 bits per heavy atom. The van der Waals surface area contributed by atoms with Crippen LogP contribution in [0.4, 0.5) is 0 Å². The Labute approximate surface area is 187 Å². The summed E-state index contributed by atoms with van der Waals surface area (Å²) >= 11 is 0. The fraction of sp³-hybridized carbons (Fsp3) is 0.500. The van der Waals surface area contributed by atoms with Crippen LogP contribution in [0.1, 0.15) is 27.7 Å². The molecule has 0 spiro atoms. The Morgan fingerprint density at radius 1 is 0.613 bits per heavy atom. The molecule has 0 aliphatic rings. The van der Waals surface area contributed by atoms with Crippen LogP contribution in [-0.2, 0) is 9.84 Å². The highest BCUT2D eigenvalue weighted by molar-refractivity contribution is 7.91. The Kier molecular flexibility index (Phi) is 10.3. The minimum atomic E-state index is -3.58. The largest absolute Gasteiger partial charge is 0.492 e. The number of sulfone groups is 1. The van der Waals surface area contributed by atoms with Gasteiger partial charge < -0.3 is 19.3 Å². The first-order valence-electron chi connectivity index (χ1n) is 11.1. The van der Waals surface area contributed by atoms with Crippen molar-refractivity contribution >= 4 is 9.84 Å². The summed E-state index contributed by atoms with van der Waals surface area (Å²) in [7, 11) is -3.58. The van der Waals surface area contributed by atoms with Crippen molar-refractivity contribution in [3.63, 3.8) is 0 Å². The lowest BCUT2D eigenvalue weighted by Crippen LogP contribution is -2.27. The first-order valence-corrected chi connectivity index (χ1v) is 12.6. The van der Waals surface area contributed by atoms with E-state index in [1.807, 2.05) is 0 Å². The minimum Gasteiger partial charge on any atom is -0.492 e. The number of hydrogen-bond donors (Lipinski definition) is 0. The lowest BCUT2D eigenvalue weighted by Gasteiger charge is -2.18. The van der Waals surface area contributed by atoms with Gasteiger partial charge in [0.15, 0.2) is 0 Å². The van der Waals surface area contributed by atoms with Crippen LogP contribution < -0.4 is 9.47 Å². The van der Waals surface area contributed by atoms with Crippen LogP contribution in [0.5, 0.6) is 11.5 Å². The molecular formula is C24H36N2O4S. The number of benzene rings is 2. The van der Waals surface area contributed by atoms with Crippen LogP contribution >= 0.6 is 0 Å². The van der Waals surface area contributed by atoms with Crippen molar-refractivity contribution in [2.45, 2.75) is 37.5 Å². The Morgan fingerprint density at radius 2 is 0.935 bits per heavy atom. The molecule has 0 aromatic heterocycles. The van der Waals surface area contributed by atoms with Crippen LogP contribution in [-0.4, -0.2) is 70.7 Å². The lowest BCUT2D eigenvalue weighted by atomic mass is 10.3. The monoisotopic (exact) mass is 448 g/mol. The van der Waals surface area contributed by atoms with Gasteiger partial charge in [-0.15, -0.1) is 0 Å². The first kappa shape index (κ1) is 25.2. The summed E-state index contributed by atoms with van der Waals surface area (Å²) in [5.74, 6) is 1.34. The zero-order valence-corrected chi connectivity index (χ0v) is 20.0. The Balaban J connectivity index is 1.95. The van der Waals surface area contributed by atoms with Gasteiger partial charge in [0, 0.05) is 13.1 Å². The summed E-state index contributed by atoms with van der Waals surface area (Å²) < 4.78 is 37.3. The second-order valence-electron chi connectivity index (χ2n) is 7.20. The number of ether oxygens (including phenoxy) is 2. The van der Waals surface area contributed by atoms with Crippen molar-refractivity contribution in [2.24, 2.45) is 0 Å². The third-order valence-electron chi connectivity index (χ3n) is 5.41. The van der Waals surface area contributed by atoms with E-state index in [1.165, 1.54) is 0 Å². The summed E-state index contributed by atoms with van der Waals surface area (Å²) in [6.45, 7) is 15.2. The van der Waals surface area contributed by atoms with Gasteiger partial charge in [-0.05, 0) is 74.7 Å². The molecule has 0 amide bonds. The van der Waals surface area contributed by atoms with Crippen molar-refractivity contribution in [3.8, 4) is 11.5 Å². The maximum atomic E-state index is 12.9. The highest BCUT2D eigenvalue weighted by Gasteiger charge is 2.17. The predicted molar refractivity (Wildman–Crippen MR) is 125 cm³/mol. The van der Waals surface area contributed by atoms with E-state index in [9.17, 15) is 8.42 Å². The number of rotatable bonds is 14. The quantitative estimate of drug-likeness (QED) is 0.436. The van der Waals surface area contributed by atoms with Crippen LogP contribution in [0.2, 0.25) is 0 Å². The standard InChI is InChI=1S/C24H36N2O4S/c1-5-25(6-2)17-19-29-21-9-13-23(14-10-21)31(27,28)24-15-11-22(12-16-24)30-20-18-26(7-3)8-4/h9-16H,5-8,17-20H2,1-4H3. The molecule has 0 aliphatic heterocycles. The van der Waals surface area contributed by atoms with E-state index < -0.39 is 9.84 Å². The van der Waals surface area contributed by atoms with E-state index in [0.717, 1.165) is 39.3 Å². The summed E-state index contributed by atoms with van der Waals surface area (Å²) in [6, 6.07) is 13.2. The van der Waals surface area contributed by atoms with Crippen molar-refractivity contribution in [1.29, 1.82) is 0 Å². The molecule has 2 aromatic carbocycles. The zero-order chi connectivity index (χ0) is 22.7. The van der Waals surface area contributed by atoms with Crippen molar-refractivity contribution in [1.82, 2.24) is 9.80 Å². The Bertz CT molecular complexity index is 792. The molecule has 6 nitrogen and oxygen atoms in total. The van der Waals surface area contributed by atoms with Gasteiger partial charge in [0.2, 0.25) is 9.84 Å². The molecule has 0 atom stereocenters. The summed E-state index contributed by atoms with van der Waals surface area (Å²) in [4.78, 5) is 5.05. The van der Waals surface area contributed by atoms with Gasteiger partial charge in [-0.25, -0.2) is 8.42 Å². The molecule has 0 aliphatic carbocycles. The summed E-state index contributed by atoms with van der Waals surface area (Å²) in [6.07, 6.45) is 0. The molecular weight excluding hydrogens is 412 g/mol. The second-order valence-corrected chi connectivity index (χ2v) is 9.15. The zero-order valence-electron chi connectivity index (χ0n) is 19.2. The third-order valence-corrected chi connectivity index (χ3v) is 7.19. The molecule has 0 saturated heterocycles. The SMILES string of the molecule is CCN(CC)CCOc1ccc(S(=O)(=O)c2ccc(OCCN(CC)CC)cc2)cc1. The van der Waals surface area contributed by atoms with Crippen LogP contribution in [0.3, 0.4) is 0 Å². The van der Waals surface area contributed by atoms with Gasteiger partial charge in [0.05, 0.1) is 9.79 Å². The van der Waals surface area contributed by atoms with Gasteiger partial charge in [0.25, 0.3) is 0 Å². The van der Waals surface area contributed by atoms with E-state index >= 15 is 0 Å². The van der Waals surface area contributed by atoms with E-state index in [-0.39, 0.29) is 9.79 Å². The van der Waals surface area contributed by atoms with Gasteiger partial charge in [-0.3, -0.25) is 0 Å². The van der Waals surface area contributed by atoms with Crippen LogP contribution in [0, 0.1) is 0 Å². The number of likely N-dealkylation sites (N-methyl/N-ethyl adjacent to an activating group) is 2. The van der Waals surface area contributed by atoms with Gasteiger partial charge >= 0.3 is 0 Å². The molecule has 2 aromatic rings. The molecule has 7 heteroatoms. The molecule has 31 heavy (non-hydrogen) atoms. The van der Waals surface area contributed by atoms with Gasteiger partial charge in [-0.2, -0.15) is 0 Å². The number of nitrogens with zero attached hydrogens (tertiary/aromatic N) is 2. The third kappa shape index (κ3) is 7.52. The average molecular weight is 449 g/mol. The van der Waals surface area contributed by atoms with Crippen LogP contribution in [0.25, 0.3) is 0 Å². The minimum absolute atomic E-state index is 0.249. The fourth-order valence-corrected chi connectivity index (χ4v) is 4.49. The smallest absolute Gasteiger partial charge is 0.206 e. The fourth-order valence-electron chi connectivity index (χ4n) is 3.23. The maximum Gasteiger partial charge on any atom is 0.206 e. The van der Waals surface area contributed by atoms with Gasteiger partial charge in [-0.1, -0.05) is 27.7 Å². The normalized spacial score (nSPS) is 11.8. The molecule has 2 rings (SSSR count). The van der Waals surface area contributed by atoms with Crippen molar-refractivity contribution < 1.29 is 17.9 Å². The highest BCUT2D eigenvalue weighted by Crippen LogP contribution is 2.25. The topological polar surface area (TPSA) is 59.1 Å². The van der Waals surface area contributed by atoms with E-state index in [0.29, 0.717) is 24.7 Å². The van der Waals surface area contributed by atoms with Crippen LogP contribution in [0.15, 0.2) is 58.3 Å². The summed E-state index contributed by atoms with van der Waals surface area (Å²) in [5, 5.41) is 0. The predicted octanol–water partition coefficient (Wildman–Crippen LogP) is 3.96. The molecule has 172 valence electrons. The highest BCUT2D eigenvalue weighted by atomic mass is 32.2. The lowest BCUT2D eigenvalue weighted by molar-refractivity contribution is 0.222. The van der Waals surface area contributed by atoms with Crippen molar-refractivity contribution in [3.05, 3.63) is 48.5 Å². The molecule has 0 heterocycles. The van der Waals surface area contributed by atoms with E-state index in [1.54, 1.807) is 48.5 Å². The van der Waals surface area contributed by atoms with Gasteiger partial charge in [0.1, 0.15) is 24.7 Å². The molecule has 0 fully saturated rings. The molecule has 0 unspecified atom stereocenters. The van der Waals surface area contributed by atoms with Crippen molar-refractivity contribution in [2.75, 3.05) is 52.5 Å². The molecule has 0 N–H and O–H groups in total. The number of hydrogen-bond acceptors (Lipinski definition) is 6. The maximum absolute atomic E-state index is 12.9. The molecule has 0 radical (unpaired) electrons. The average Bonchev–Trinajstić information content (AvgIpc) is 2.80. The first-order chi connectivity index (χ1) is 14.9. The summed E-state index contributed by atoms with van der Waals surface area (Å²) in [5.41, 5.74) is 0. The Hall–Kier alpha value is -2.09. The molecule has 0 saturated carbocycles. The van der Waals surface area contributed by atoms with E-state index in [4.69, 9.17) is 9.47 Å².